The van der Waals surface area contributed by atoms with Gasteiger partial charge in [-0.15, -0.1) is 0 Å². The van der Waals surface area contributed by atoms with Crippen LogP contribution < -0.4 is 11.2 Å². The summed E-state index contributed by atoms with van der Waals surface area (Å²) in [6.45, 7) is 1.82. The number of aryl methyl sites for hydroxylation is 1. The topological polar surface area (TPSA) is 67.8 Å². The molecule has 0 aliphatic carbocycles. The number of rotatable bonds is 1. The van der Waals surface area contributed by atoms with E-state index in [-0.39, 0.29) is 0 Å². The van der Waals surface area contributed by atoms with Crippen molar-refractivity contribution in [2.75, 3.05) is 0 Å². The van der Waals surface area contributed by atoms with Crippen LogP contribution in [0.15, 0.2) is 34.0 Å². The lowest BCUT2D eigenvalue weighted by molar-refractivity contribution is 0.749. The number of nitrogens with zero attached hydrogens (tertiary/aromatic N) is 2. The van der Waals surface area contributed by atoms with Crippen molar-refractivity contribution in [2.45, 2.75) is 6.92 Å². The van der Waals surface area contributed by atoms with Gasteiger partial charge in [0.2, 0.25) is 0 Å². The van der Waals surface area contributed by atoms with E-state index in [9.17, 15) is 9.59 Å². The highest BCUT2D eigenvalue weighted by atomic mass is 35.5. The van der Waals surface area contributed by atoms with E-state index < -0.39 is 11.2 Å². The average Bonchev–Trinajstić information content (AvgIpc) is 2.22. The second-order valence-electron chi connectivity index (χ2n) is 3.28. The smallest absolute Gasteiger partial charge is 0.271 e. The number of hydrogen-bond acceptors (Lipinski definition) is 3. The first kappa shape index (κ1) is 10.6. The maximum Gasteiger partial charge on any atom is 0.349 e. The molecule has 0 fully saturated rings. The Morgan fingerprint density at radius 1 is 1.38 bits per heavy atom. The van der Waals surface area contributed by atoms with Crippen LogP contribution in [0.2, 0.25) is 5.02 Å². The summed E-state index contributed by atoms with van der Waals surface area (Å²) in [5.74, 6) is 0. The van der Waals surface area contributed by atoms with Gasteiger partial charge in [0.05, 0.1) is 5.69 Å². The number of aromatic nitrogens is 3. The quantitative estimate of drug-likeness (QED) is 0.801. The Kier molecular flexibility index (Phi) is 2.62. The van der Waals surface area contributed by atoms with E-state index in [1.54, 1.807) is 18.2 Å². The molecule has 1 aromatic carbocycles. The number of hydrogen-bond donors (Lipinski definition) is 1. The van der Waals surface area contributed by atoms with E-state index in [2.05, 4.69) is 10.1 Å². The minimum atomic E-state index is -0.575. The number of aromatic amines is 1. The van der Waals surface area contributed by atoms with Crippen LogP contribution in [0.3, 0.4) is 0 Å². The van der Waals surface area contributed by atoms with Gasteiger partial charge in [-0.3, -0.25) is 9.78 Å². The summed E-state index contributed by atoms with van der Waals surface area (Å²) in [5.41, 5.74) is 0.295. The maximum atomic E-state index is 11.4. The molecular weight excluding hydrogens is 230 g/mol. The highest BCUT2D eigenvalue weighted by Crippen LogP contribution is 2.17. The molecule has 0 saturated heterocycles. The zero-order chi connectivity index (χ0) is 11.7. The van der Waals surface area contributed by atoms with Gasteiger partial charge < -0.3 is 0 Å². The Hall–Kier alpha value is -1.88. The van der Waals surface area contributed by atoms with Crippen molar-refractivity contribution in [1.29, 1.82) is 0 Å². The SMILES string of the molecule is Cc1cc(-n2ncc(=O)[nH]c2=O)ccc1Cl. The molecule has 0 saturated carbocycles. The summed E-state index contributed by atoms with van der Waals surface area (Å²) in [4.78, 5) is 24.4. The minimum Gasteiger partial charge on any atom is -0.271 e. The molecule has 0 unspecified atom stereocenters. The molecule has 1 aromatic heterocycles. The second kappa shape index (κ2) is 3.94. The Labute approximate surface area is 95.3 Å². The zero-order valence-electron chi connectivity index (χ0n) is 8.40. The molecule has 1 N–H and O–H groups in total. The van der Waals surface area contributed by atoms with Crippen molar-refractivity contribution in [3.8, 4) is 5.69 Å². The van der Waals surface area contributed by atoms with Gasteiger partial charge in [0.15, 0.2) is 0 Å². The fourth-order valence-electron chi connectivity index (χ4n) is 1.30. The Morgan fingerprint density at radius 3 is 2.75 bits per heavy atom. The first-order valence-electron chi connectivity index (χ1n) is 4.53. The summed E-state index contributed by atoms with van der Waals surface area (Å²) in [5, 5.41) is 4.35. The summed E-state index contributed by atoms with van der Waals surface area (Å²) in [6.07, 6.45) is 1.05. The standard InChI is InChI=1S/C10H8ClN3O2/c1-6-4-7(2-3-8(6)11)14-10(16)13-9(15)5-12-14/h2-5H,1H3,(H,13,15,16). The van der Waals surface area contributed by atoms with Crippen LogP contribution in [0.1, 0.15) is 5.56 Å². The van der Waals surface area contributed by atoms with E-state index >= 15 is 0 Å². The number of halogens is 1. The van der Waals surface area contributed by atoms with Crippen molar-refractivity contribution in [3.63, 3.8) is 0 Å². The fraction of sp³-hybridized carbons (Fsp3) is 0.100. The summed E-state index contributed by atoms with van der Waals surface area (Å²) in [6, 6.07) is 5.04. The molecule has 0 aliphatic heterocycles. The van der Waals surface area contributed by atoms with Gasteiger partial charge in [-0.05, 0) is 30.7 Å². The van der Waals surface area contributed by atoms with Gasteiger partial charge in [0, 0.05) is 5.02 Å². The first-order valence-corrected chi connectivity index (χ1v) is 4.91. The first-order chi connectivity index (χ1) is 7.58. The molecule has 0 radical (unpaired) electrons. The monoisotopic (exact) mass is 237 g/mol. The predicted molar refractivity (Wildman–Crippen MR) is 60.2 cm³/mol. The molecule has 6 heteroatoms. The lowest BCUT2D eigenvalue weighted by Gasteiger charge is -2.04. The predicted octanol–water partition coefficient (Wildman–Crippen LogP) is 0.883. The third-order valence-electron chi connectivity index (χ3n) is 2.10. The van der Waals surface area contributed by atoms with E-state index in [4.69, 9.17) is 11.6 Å². The number of nitrogens with one attached hydrogen (secondary N) is 1. The molecule has 2 rings (SSSR count). The summed E-state index contributed by atoms with van der Waals surface area (Å²) >= 11 is 5.87. The fourth-order valence-corrected chi connectivity index (χ4v) is 1.42. The Bertz CT molecular complexity index is 645. The van der Waals surface area contributed by atoms with Gasteiger partial charge in [0.25, 0.3) is 5.56 Å². The maximum absolute atomic E-state index is 11.4. The summed E-state index contributed by atoms with van der Waals surface area (Å²) in [7, 11) is 0. The van der Waals surface area contributed by atoms with Crippen LogP contribution in [-0.2, 0) is 0 Å². The second-order valence-corrected chi connectivity index (χ2v) is 3.69. The van der Waals surface area contributed by atoms with E-state index in [0.717, 1.165) is 16.4 Å². The molecule has 0 aliphatic rings. The number of H-pyrrole nitrogens is 1. The van der Waals surface area contributed by atoms with Crippen molar-refractivity contribution < 1.29 is 0 Å². The van der Waals surface area contributed by atoms with Crippen molar-refractivity contribution in [3.05, 3.63) is 55.8 Å². The largest absolute Gasteiger partial charge is 0.349 e. The van der Waals surface area contributed by atoms with Crippen LogP contribution >= 0.6 is 11.6 Å². The molecule has 2 aromatic rings. The Balaban J connectivity index is 2.63. The summed E-state index contributed by atoms with van der Waals surface area (Å²) < 4.78 is 1.10. The van der Waals surface area contributed by atoms with Gasteiger partial charge >= 0.3 is 5.69 Å². The molecule has 82 valence electrons. The van der Waals surface area contributed by atoms with Crippen LogP contribution in [0.4, 0.5) is 0 Å². The average molecular weight is 238 g/mol. The third kappa shape index (κ3) is 1.90. The van der Waals surface area contributed by atoms with Crippen LogP contribution in [0, 0.1) is 6.92 Å². The third-order valence-corrected chi connectivity index (χ3v) is 2.52. The molecule has 0 spiro atoms. The minimum absolute atomic E-state index is 0.521. The van der Waals surface area contributed by atoms with E-state index in [1.807, 2.05) is 6.92 Å². The highest BCUT2D eigenvalue weighted by molar-refractivity contribution is 6.31. The molecule has 16 heavy (non-hydrogen) atoms. The van der Waals surface area contributed by atoms with Crippen LogP contribution in [0.5, 0.6) is 0 Å². The molecule has 0 atom stereocenters. The van der Waals surface area contributed by atoms with Crippen LogP contribution in [-0.4, -0.2) is 14.8 Å². The zero-order valence-corrected chi connectivity index (χ0v) is 9.15. The molecule has 0 amide bonds. The van der Waals surface area contributed by atoms with Crippen molar-refractivity contribution in [1.82, 2.24) is 14.8 Å². The molecule has 1 heterocycles. The van der Waals surface area contributed by atoms with Gasteiger partial charge in [-0.2, -0.15) is 9.78 Å². The molecular formula is C10H8ClN3O2. The van der Waals surface area contributed by atoms with Gasteiger partial charge in [-0.25, -0.2) is 4.79 Å². The normalized spacial score (nSPS) is 10.4. The van der Waals surface area contributed by atoms with Gasteiger partial charge in [0.1, 0.15) is 6.20 Å². The Morgan fingerprint density at radius 2 is 2.12 bits per heavy atom. The van der Waals surface area contributed by atoms with Crippen LogP contribution in [0.25, 0.3) is 5.69 Å². The lowest BCUT2D eigenvalue weighted by Crippen LogP contribution is -2.30. The van der Waals surface area contributed by atoms with Crippen molar-refractivity contribution >= 4 is 11.6 Å². The lowest BCUT2D eigenvalue weighted by atomic mass is 10.2. The molecule has 0 bridgehead atoms. The van der Waals surface area contributed by atoms with E-state index in [1.165, 1.54) is 0 Å². The van der Waals surface area contributed by atoms with E-state index in [0.29, 0.717) is 10.7 Å². The molecule has 5 nitrogen and oxygen atoms in total. The van der Waals surface area contributed by atoms with Crippen molar-refractivity contribution in [2.24, 2.45) is 0 Å². The number of benzene rings is 1. The van der Waals surface area contributed by atoms with Gasteiger partial charge in [-0.1, -0.05) is 11.6 Å². The highest BCUT2D eigenvalue weighted by Gasteiger charge is 2.03.